The molecule has 0 N–H and O–H groups in total. The van der Waals surface area contributed by atoms with Crippen LogP contribution in [0.3, 0.4) is 0 Å². The number of carbonyl (C=O) groups excluding carboxylic acids is 1. The zero-order valence-corrected chi connectivity index (χ0v) is 10.0. The van der Waals surface area contributed by atoms with Crippen molar-refractivity contribution in [3.8, 4) is 23.7 Å². The van der Waals surface area contributed by atoms with E-state index in [4.69, 9.17) is 4.74 Å². The molecule has 0 saturated heterocycles. The van der Waals surface area contributed by atoms with Crippen molar-refractivity contribution in [2.75, 3.05) is 0 Å². The van der Waals surface area contributed by atoms with E-state index in [-0.39, 0.29) is 18.8 Å². The predicted octanol–water partition coefficient (Wildman–Crippen LogP) is 1.21. The highest BCUT2D eigenvalue weighted by molar-refractivity contribution is 5.71. The topological polar surface area (TPSA) is 69.7 Å². The summed E-state index contributed by atoms with van der Waals surface area (Å²) >= 11 is 0. The zero-order valence-electron chi connectivity index (χ0n) is 10.0. The molecule has 0 aliphatic heterocycles. The lowest BCUT2D eigenvalue weighted by atomic mass is 10.3. The molecule has 5 nitrogen and oxygen atoms in total. The molecule has 94 valence electrons. The molecule has 1 rings (SSSR count). The summed E-state index contributed by atoms with van der Waals surface area (Å²) in [5.74, 6) is 9.47. The monoisotopic (exact) mass is 247 g/mol. The summed E-state index contributed by atoms with van der Waals surface area (Å²) in [4.78, 5) is 22.0. The van der Waals surface area contributed by atoms with Crippen molar-refractivity contribution in [3.63, 3.8) is 0 Å². The van der Waals surface area contributed by atoms with Crippen molar-refractivity contribution in [3.05, 3.63) is 28.6 Å². The summed E-state index contributed by atoms with van der Waals surface area (Å²) in [6.45, 7) is 3.09. The Hall–Kier alpha value is -2.53. The summed E-state index contributed by atoms with van der Waals surface area (Å²) in [6.07, 6.45) is 1.49. The highest BCUT2D eigenvalue weighted by Crippen LogP contribution is 2.07. The van der Waals surface area contributed by atoms with Gasteiger partial charge in [0.05, 0.1) is 0 Å². The highest BCUT2D eigenvalue weighted by Gasteiger charge is 2.10. The molecule has 0 bridgehead atoms. The Labute approximate surface area is 104 Å². The van der Waals surface area contributed by atoms with Crippen LogP contribution in [0.15, 0.2) is 13.6 Å². The van der Waals surface area contributed by atoms with Gasteiger partial charge >= 0.3 is 5.82 Å². The molecule has 0 spiro atoms. The van der Waals surface area contributed by atoms with E-state index >= 15 is 0 Å². The average molecular weight is 247 g/mol. The third kappa shape index (κ3) is 4.54. The van der Waals surface area contributed by atoms with Crippen LogP contribution in [0.2, 0.25) is 0 Å². The fourth-order valence-corrected chi connectivity index (χ4v) is 0.995. The van der Waals surface area contributed by atoms with Crippen LogP contribution < -0.4 is 5.82 Å². The van der Waals surface area contributed by atoms with Crippen molar-refractivity contribution < 1.29 is 18.4 Å². The summed E-state index contributed by atoms with van der Waals surface area (Å²) < 4.78 is 14.1. The van der Waals surface area contributed by atoms with Crippen molar-refractivity contribution in [1.82, 2.24) is 0 Å². The normalized spacial score (nSPS) is 8.56. The van der Waals surface area contributed by atoms with Crippen molar-refractivity contribution in [2.45, 2.75) is 26.9 Å². The van der Waals surface area contributed by atoms with E-state index in [9.17, 15) is 9.59 Å². The van der Waals surface area contributed by atoms with Gasteiger partial charge in [0.1, 0.15) is 0 Å². The number of esters is 1. The summed E-state index contributed by atoms with van der Waals surface area (Å²) in [7, 11) is 0. The molecule has 0 aromatic carbocycles. The Bertz CT molecular complexity index is 583. The van der Waals surface area contributed by atoms with Crippen LogP contribution in [0.25, 0.3) is 0 Å². The van der Waals surface area contributed by atoms with E-state index in [2.05, 4.69) is 32.5 Å². The lowest BCUT2D eigenvalue weighted by Crippen LogP contribution is -2.04. The molecule has 0 aliphatic carbocycles. The Balaban J connectivity index is 2.33. The average Bonchev–Trinajstić information content (AvgIpc) is 2.65. The molecule has 5 heteroatoms. The Morgan fingerprint density at radius 2 is 2.17 bits per heavy atom. The molecule has 0 atom stereocenters. The van der Waals surface area contributed by atoms with E-state index in [1.807, 2.05) is 0 Å². The van der Waals surface area contributed by atoms with Gasteiger partial charge in [0, 0.05) is 6.42 Å². The maximum absolute atomic E-state index is 11.3. The van der Waals surface area contributed by atoms with Crippen LogP contribution in [0.5, 0.6) is 0 Å². The molecule has 0 amide bonds. The molecule has 1 heterocycles. The Kier molecular flexibility index (Phi) is 5.21. The summed E-state index contributed by atoms with van der Waals surface area (Å²) in [5, 5.41) is 0. The van der Waals surface area contributed by atoms with E-state index < -0.39 is 11.8 Å². The quantitative estimate of drug-likeness (QED) is 0.454. The maximum atomic E-state index is 11.3. The van der Waals surface area contributed by atoms with E-state index in [0.29, 0.717) is 5.76 Å². The van der Waals surface area contributed by atoms with Gasteiger partial charge in [-0.15, -0.1) is 11.8 Å². The van der Waals surface area contributed by atoms with Crippen LogP contribution >= 0.6 is 0 Å². The van der Waals surface area contributed by atoms with Gasteiger partial charge in [0.15, 0.2) is 18.1 Å². The first-order valence-electron chi connectivity index (χ1n) is 5.12. The lowest BCUT2D eigenvalue weighted by molar-refractivity contribution is -0.144. The molecule has 0 radical (unpaired) electrons. The van der Waals surface area contributed by atoms with Gasteiger partial charge in [-0.3, -0.25) is 10.7 Å². The molecule has 0 saturated carbocycles. The SMILES string of the molecule is CC#CC#C[CH-]CC(=O)OCc1oc(=O)oc1C. The smallest absolute Gasteiger partial charge is 0.458 e. The minimum Gasteiger partial charge on any atom is -0.458 e. The Morgan fingerprint density at radius 1 is 1.39 bits per heavy atom. The van der Waals surface area contributed by atoms with E-state index in [1.54, 1.807) is 13.8 Å². The second kappa shape index (κ2) is 6.93. The van der Waals surface area contributed by atoms with Gasteiger partial charge < -0.3 is 13.6 Å². The minimum atomic E-state index is -0.811. The maximum Gasteiger partial charge on any atom is 0.519 e. The zero-order chi connectivity index (χ0) is 13.4. The van der Waals surface area contributed by atoms with Crippen LogP contribution in [0.1, 0.15) is 24.9 Å². The second-order valence-electron chi connectivity index (χ2n) is 3.15. The van der Waals surface area contributed by atoms with Crippen LogP contribution in [-0.2, 0) is 16.1 Å². The van der Waals surface area contributed by atoms with Crippen LogP contribution in [-0.4, -0.2) is 5.97 Å². The number of ether oxygens (including phenoxy) is 1. The molecule has 0 aliphatic rings. The largest absolute Gasteiger partial charge is 0.519 e. The molecule has 0 unspecified atom stereocenters. The van der Waals surface area contributed by atoms with Crippen LogP contribution in [0, 0.1) is 37.0 Å². The van der Waals surface area contributed by atoms with Gasteiger partial charge in [0.2, 0.25) is 0 Å². The first-order valence-corrected chi connectivity index (χ1v) is 5.12. The lowest BCUT2D eigenvalue weighted by Gasteiger charge is -2.02. The van der Waals surface area contributed by atoms with E-state index in [0.717, 1.165) is 0 Å². The highest BCUT2D eigenvalue weighted by atomic mass is 16.6. The first-order chi connectivity index (χ1) is 8.63. The molecule has 18 heavy (non-hydrogen) atoms. The number of hydrogen-bond donors (Lipinski definition) is 0. The Morgan fingerprint density at radius 3 is 2.78 bits per heavy atom. The van der Waals surface area contributed by atoms with Gasteiger partial charge in [-0.25, -0.2) is 10.7 Å². The summed E-state index contributed by atoms with van der Waals surface area (Å²) in [5.41, 5.74) is 0. The fraction of sp³-hybridized carbons (Fsp3) is 0.308. The third-order valence-electron chi connectivity index (χ3n) is 1.83. The fourth-order valence-electron chi connectivity index (χ4n) is 0.995. The van der Waals surface area contributed by atoms with Crippen LogP contribution in [0.4, 0.5) is 0 Å². The molecule has 1 aromatic rings. The second-order valence-corrected chi connectivity index (χ2v) is 3.15. The van der Waals surface area contributed by atoms with Crippen molar-refractivity contribution >= 4 is 5.97 Å². The summed E-state index contributed by atoms with van der Waals surface area (Å²) in [6, 6.07) is 0. The number of carbonyl (C=O) groups is 1. The third-order valence-corrected chi connectivity index (χ3v) is 1.83. The van der Waals surface area contributed by atoms with Gasteiger partial charge in [-0.05, 0) is 13.8 Å². The number of rotatable bonds is 4. The number of hydrogen-bond acceptors (Lipinski definition) is 5. The standard InChI is InChI=1S/C13H11O5/c1-3-4-5-6-7-8-12(14)16-9-11-10(2)17-13(15)18-11/h7H,8-9H2,1-2H3/q-1. The molecule has 0 fully saturated rings. The van der Waals surface area contributed by atoms with Crippen molar-refractivity contribution in [2.24, 2.45) is 0 Å². The minimum absolute atomic E-state index is 0.0412. The molecular weight excluding hydrogens is 236 g/mol. The molecular formula is C13H11O5-. The van der Waals surface area contributed by atoms with Gasteiger partial charge in [-0.1, -0.05) is 0 Å². The van der Waals surface area contributed by atoms with Gasteiger partial charge in [-0.2, -0.15) is 6.42 Å². The van der Waals surface area contributed by atoms with Crippen molar-refractivity contribution in [1.29, 1.82) is 0 Å². The van der Waals surface area contributed by atoms with E-state index in [1.165, 1.54) is 6.42 Å². The predicted molar refractivity (Wildman–Crippen MR) is 61.9 cm³/mol. The molecule has 1 aromatic heterocycles. The number of aryl methyl sites for hydroxylation is 1. The first kappa shape index (κ1) is 13.5. The van der Waals surface area contributed by atoms with Gasteiger partial charge in [0.25, 0.3) is 5.97 Å².